The van der Waals surface area contributed by atoms with Crippen molar-refractivity contribution in [3.63, 3.8) is 0 Å². The average Bonchev–Trinajstić information content (AvgIpc) is 2.96. The van der Waals surface area contributed by atoms with Gasteiger partial charge < -0.3 is 10.3 Å². The molecule has 1 saturated heterocycles. The molecule has 1 aliphatic rings. The van der Waals surface area contributed by atoms with Gasteiger partial charge in [-0.1, -0.05) is 17.3 Å². The Hall–Kier alpha value is -1.89. The predicted octanol–water partition coefficient (Wildman–Crippen LogP) is 1.22. The Morgan fingerprint density at radius 3 is 2.79 bits per heavy atom. The number of nitrogen functional groups attached to an aromatic ring is 1. The fourth-order valence-electron chi connectivity index (χ4n) is 2.20. The maximum absolute atomic E-state index is 11.4. The second-order valence-corrected chi connectivity index (χ2v) is 6.87. The first kappa shape index (κ1) is 12.2. The molecule has 1 atom stereocenters. The van der Waals surface area contributed by atoms with Crippen LogP contribution in [0, 0.1) is 0 Å². The lowest BCUT2D eigenvalue weighted by molar-refractivity contribution is 0.361. The maximum atomic E-state index is 11.4. The molecular weight excluding hydrogens is 266 g/mol. The van der Waals surface area contributed by atoms with Crippen molar-refractivity contribution in [2.45, 2.75) is 12.3 Å². The Bertz CT molecular complexity index is 709. The van der Waals surface area contributed by atoms with E-state index >= 15 is 0 Å². The normalized spacial score (nSPS) is 21.6. The molecule has 2 N–H and O–H groups in total. The van der Waals surface area contributed by atoms with E-state index in [9.17, 15) is 8.42 Å². The summed E-state index contributed by atoms with van der Waals surface area (Å²) in [6.45, 7) is 0. The van der Waals surface area contributed by atoms with E-state index in [-0.39, 0.29) is 17.4 Å². The van der Waals surface area contributed by atoms with E-state index < -0.39 is 9.84 Å². The van der Waals surface area contributed by atoms with E-state index in [0.29, 0.717) is 29.4 Å². The van der Waals surface area contributed by atoms with E-state index in [4.69, 9.17) is 10.3 Å². The standard InChI is InChI=1S/C12H13N3O3S/c13-10-4-2-1-3-9(10)11-14-12(18-15-11)8-5-6-19(16,17)7-8/h1-4,8H,5-7,13H2. The average molecular weight is 279 g/mol. The van der Waals surface area contributed by atoms with Crippen LogP contribution in [0.3, 0.4) is 0 Å². The van der Waals surface area contributed by atoms with Crippen molar-refractivity contribution in [3.8, 4) is 11.4 Å². The highest BCUT2D eigenvalue weighted by atomic mass is 32.2. The lowest BCUT2D eigenvalue weighted by Gasteiger charge is -1.99. The zero-order valence-electron chi connectivity index (χ0n) is 10.1. The molecule has 1 aromatic carbocycles. The number of hydrogen-bond acceptors (Lipinski definition) is 6. The number of anilines is 1. The quantitative estimate of drug-likeness (QED) is 0.830. The fourth-order valence-corrected chi connectivity index (χ4v) is 3.93. The van der Waals surface area contributed by atoms with Crippen LogP contribution < -0.4 is 5.73 Å². The summed E-state index contributed by atoms with van der Waals surface area (Å²) < 4.78 is 28.0. The first-order valence-corrected chi connectivity index (χ1v) is 7.76. The van der Waals surface area contributed by atoms with Crippen molar-refractivity contribution in [3.05, 3.63) is 30.2 Å². The van der Waals surface area contributed by atoms with Gasteiger partial charge in [-0.25, -0.2) is 8.42 Å². The van der Waals surface area contributed by atoms with Crippen LogP contribution >= 0.6 is 0 Å². The molecule has 2 heterocycles. The molecule has 0 aliphatic carbocycles. The van der Waals surface area contributed by atoms with Crippen LogP contribution in [0.5, 0.6) is 0 Å². The minimum absolute atomic E-state index is 0.0822. The zero-order chi connectivity index (χ0) is 13.5. The Labute approximate surface area is 110 Å². The first-order valence-electron chi connectivity index (χ1n) is 5.94. The largest absolute Gasteiger partial charge is 0.398 e. The summed E-state index contributed by atoms with van der Waals surface area (Å²) in [6, 6.07) is 7.21. The van der Waals surface area contributed by atoms with Gasteiger partial charge >= 0.3 is 0 Å². The smallest absolute Gasteiger partial charge is 0.231 e. The van der Waals surface area contributed by atoms with Gasteiger partial charge in [0, 0.05) is 11.3 Å². The minimum Gasteiger partial charge on any atom is -0.398 e. The summed E-state index contributed by atoms with van der Waals surface area (Å²) in [5.41, 5.74) is 7.10. The summed E-state index contributed by atoms with van der Waals surface area (Å²) in [5, 5.41) is 3.88. The SMILES string of the molecule is Nc1ccccc1-c1noc(C2CCS(=O)(=O)C2)n1. The Morgan fingerprint density at radius 1 is 1.32 bits per heavy atom. The van der Waals surface area contributed by atoms with Crippen molar-refractivity contribution in [2.24, 2.45) is 0 Å². The van der Waals surface area contributed by atoms with Gasteiger partial charge in [0.1, 0.15) is 0 Å². The van der Waals surface area contributed by atoms with Gasteiger partial charge in [-0.2, -0.15) is 4.98 Å². The van der Waals surface area contributed by atoms with Crippen LogP contribution in [-0.2, 0) is 9.84 Å². The third-order valence-corrected chi connectivity index (χ3v) is 4.99. The topological polar surface area (TPSA) is 99.1 Å². The van der Waals surface area contributed by atoms with E-state index in [2.05, 4.69) is 10.1 Å². The Morgan fingerprint density at radius 2 is 2.11 bits per heavy atom. The molecule has 7 heteroatoms. The van der Waals surface area contributed by atoms with Crippen LogP contribution in [0.25, 0.3) is 11.4 Å². The molecule has 0 amide bonds. The molecule has 19 heavy (non-hydrogen) atoms. The number of aromatic nitrogens is 2. The molecule has 1 fully saturated rings. The van der Waals surface area contributed by atoms with Crippen molar-refractivity contribution in [1.29, 1.82) is 0 Å². The molecule has 1 aliphatic heterocycles. The van der Waals surface area contributed by atoms with Crippen molar-refractivity contribution < 1.29 is 12.9 Å². The van der Waals surface area contributed by atoms with E-state index in [1.165, 1.54) is 0 Å². The molecule has 0 saturated carbocycles. The number of rotatable bonds is 2. The van der Waals surface area contributed by atoms with E-state index in [1.54, 1.807) is 12.1 Å². The molecule has 0 spiro atoms. The van der Waals surface area contributed by atoms with Gasteiger partial charge in [-0.05, 0) is 18.6 Å². The molecule has 1 unspecified atom stereocenters. The number of nitrogens with zero attached hydrogens (tertiary/aromatic N) is 2. The van der Waals surface area contributed by atoms with Crippen molar-refractivity contribution in [2.75, 3.05) is 17.2 Å². The highest BCUT2D eigenvalue weighted by Gasteiger charge is 2.33. The van der Waals surface area contributed by atoms with E-state index in [1.807, 2.05) is 12.1 Å². The van der Waals surface area contributed by atoms with Crippen LogP contribution in [-0.4, -0.2) is 30.1 Å². The van der Waals surface area contributed by atoms with Crippen LogP contribution in [0.4, 0.5) is 5.69 Å². The monoisotopic (exact) mass is 279 g/mol. The Balaban J connectivity index is 1.91. The van der Waals surface area contributed by atoms with Crippen LogP contribution in [0.2, 0.25) is 0 Å². The number of nitrogens with two attached hydrogens (primary N) is 1. The van der Waals surface area contributed by atoms with Crippen LogP contribution in [0.15, 0.2) is 28.8 Å². The molecule has 100 valence electrons. The molecule has 0 radical (unpaired) electrons. The summed E-state index contributed by atoms with van der Waals surface area (Å²) in [7, 11) is -2.96. The molecule has 2 aromatic rings. The molecule has 1 aromatic heterocycles. The van der Waals surface area contributed by atoms with Gasteiger partial charge in [0.15, 0.2) is 9.84 Å². The number of para-hydroxylation sites is 1. The number of benzene rings is 1. The van der Waals surface area contributed by atoms with Gasteiger partial charge in [-0.15, -0.1) is 0 Å². The van der Waals surface area contributed by atoms with Gasteiger partial charge in [0.25, 0.3) is 0 Å². The predicted molar refractivity (Wildman–Crippen MR) is 70.2 cm³/mol. The first-order chi connectivity index (χ1) is 9.05. The van der Waals surface area contributed by atoms with Gasteiger partial charge in [0.2, 0.25) is 11.7 Å². The second kappa shape index (κ2) is 4.34. The lowest BCUT2D eigenvalue weighted by atomic mass is 10.1. The van der Waals surface area contributed by atoms with Gasteiger partial charge in [-0.3, -0.25) is 0 Å². The Kier molecular flexibility index (Phi) is 2.78. The van der Waals surface area contributed by atoms with Crippen molar-refractivity contribution >= 4 is 15.5 Å². The molecule has 6 nitrogen and oxygen atoms in total. The second-order valence-electron chi connectivity index (χ2n) is 4.64. The van der Waals surface area contributed by atoms with Gasteiger partial charge in [0.05, 0.1) is 17.4 Å². The maximum Gasteiger partial charge on any atom is 0.231 e. The lowest BCUT2D eigenvalue weighted by Crippen LogP contribution is -2.04. The van der Waals surface area contributed by atoms with E-state index in [0.717, 1.165) is 0 Å². The molecule has 3 rings (SSSR count). The number of hydrogen-bond donors (Lipinski definition) is 1. The highest BCUT2D eigenvalue weighted by molar-refractivity contribution is 7.91. The summed E-state index contributed by atoms with van der Waals surface area (Å²) in [6.07, 6.45) is 0.536. The molecule has 0 bridgehead atoms. The summed E-state index contributed by atoms with van der Waals surface area (Å²) >= 11 is 0. The highest BCUT2D eigenvalue weighted by Crippen LogP contribution is 2.30. The summed E-state index contributed by atoms with van der Waals surface area (Å²) in [4.78, 5) is 4.27. The fraction of sp³-hybridized carbons (Fsp3) is 0.333. The number of sulfone groups is 1. The molecular formula is C12H13N3O3S. The third-order valence-electron chi connectivity index (χ3n) is 3.23. The van der Waals surface area contributed by atoms with Crippen molar-refractivity contribution in [1.82, 2.24) is 10.1 Å². The minimum atomic E-state index is -2.96. The summed E-state index contributed by atoms with van der Waals surface area (Å²) in [5.74, 6) is 0.842. The third kappa shape index (κ3) is 2.33. The van der Waals surface area contributed by atoms with Crippen LogP contribution in [0.1, 0.15) is 18.2 Å². The zero-order valence-corrected chi connectivity index (χ0v) is 10.9.